The summed E-state index contributed by atoms with van der Waals surface area (Å²) in [6.45, 7) is 3.21. The molecule has 0 aliphatic carbocycles. The Hall–Kier alpha value is -1.55. The van der Waals surface area contributed by atoms with E-state index in [1.54, 1.807) is 6.92 Å². The quantitative estimate of drug-likeness (QED) is 0.898. The number of ether oxygens (including phenoxy) is 1. The van der Waals surface area contributed by atoms with Crippen molar-refractivity contribution in [3.8, 4) is 5.75 Å². The van der Waals surface area contributed by atoms with Gasteiger partial charge in [0, 0.05) is 18.5 Å². The number of aliphatic hydroxyl groups is 1. The lowest BCUT2D eigenvalue weighted by Gasteiger charge is -2.37. The van der Waals surface area contributed by atoms with E-state index in [9.17, 15) is 9.90 Å². The average molecular weight is 275 g/mol. The lowest BCUT2D eigenvalue weighted by atomic mass is 9.96. The maximum absolute atomic E-state index is 12.7. The third-order valence-corrected chi connectivity index (χ3v) is 4.30. The summed E-state index contributed by atoms with van der Waals surface area (Å²) in [4.78, 5) is 14.5. The molecule has 1 aromatic carbocycles. The van der Waals surface area contributed by atoms with Crippen LogP contribution < -0.4 is 4.74 Å². The molecule has 0 saturated carbocycles. The number of aliphatic hydroxyl groups excluding tert-OH is 1. The normalized spacial score (nSPS) is 23.1. The first-order chi connectivity index (χ1) is 9.66. The Labute approximate surface area is 119 Å². The van der Waals surface area contributed by atoms with Gasteiger partial charge in [0.15, 0.2) is 0 Å². The maximum Gasteiger partial charge on any atom is 0.254 e. The molecule has 0 bridgehead atoms. The zero-order valence-corrected chi connectivity index (χ0v) is 11.8. The maximum atomic E-state index is 12.7. The van der Waals surface area contributed by atoms with Crippen LogP contribution in [-0.2, 0) is 6.42 Å². The number of rotatable bonds is 2. The Morgan fingerprint density at radius 1 is 1.45 bits per heavy atom. The van der Waals surface area contributed by atoms with Crippen molar-refractivity contribution < 1.29 is 14.6 Å². The van der Waals surface area contributed by atoms with E-state index in [1.807, 2.05) is 23.1 Å². The lowest BCUT2D eigenvalue weighted by molar-refractivity contribution is 0.0281. The highest BCUT2D eigenvalue weighted by Gasteiger charge is 2.30. The third kappa shape index (κ3) is 2.40. The Kier molecular flexibility index (Phi) is 3.66. The molecule has 2 atom stereocenters. The van der Waals surface area contributed by atoms with Gasteiger partial charge in [0.25, 0.3) is 5.91 Å². The number of nitrogens with zero attached hydrogens (tertiary/aromatic N) is 1. The van der Waals surface area contributed by atoms with Crippen LogP contribution in [0.4, 0.5) is 0 Å². The fraction of sp³-hybridized carbons (Fsp3) is 0.562. The number of carbonyl (C=O) groups excluding carboxylic acids is 1. The molecule has 2 aliphatic rings. The molecule has 3 rings (SSSR count). The first-order valence-corrected chi connectivity index (χ1v) is 7.41. The molecule has 0 spiro atoms. The van der Waals surface area contributed by atoms with Crippen molar-refractivity contribution >= 4 is 5.91 Å². The molecule has 2 heterocycles. The summed E-state index contributed by atoms with van der Waals surface area (Å²) < 4.78 is 5.47. The number of carbonyl (C=O) groups is 1. The van der Waals surface area contributed by atoms with Crippen LogP contribution in [0, 0.1) is 0 Å². The van der Waals surface area contributed by atoms with Crippen molar-refractivity contribution in [1.29, 1.82) is 0 Å². The predicted octanol–water partition coefficient (Wildman–Crippen LogP) is 2.00. The second kappa shape index (κ2) is 5.44. The number of hydrogen-bond donors (Lipinski definition) is 1. The highest BCUT2D eigenvalue weighted by molar-refractivity contribution is 5.95. The molecule has 0 radical (unpaired) electrons. The smallest absolute Gasteiger partial charge is 0.254 e. The number of fused-ring (bicyclic) bond motifs is 1. The minimum absolute atomic E-state index is 0.0327. The van der Waals surface area contributed by atoms with Crippen molar-refractivity contribution in [2.75, 3.05) is 13.2 Å². The van der Waals surface area contributed by atoms with Crippen LogP contribution >= 0.6 is 0 Å². The van der Waals surface area contributed by atoms with Gasteiger partial charge in [-0.05, 0) is 49.9 Å². The first kappa shape index (κ1) is 13.4. The topological polar surface area (TPSA) is 49.8 Å². The highest BCUT2D eigenvalue weighted by Crippen LogP contribution is 2.28. The molecular weight excluding hydrogens is 254 g/mol. The van der Waals surface area contributed by atoms with Crippen LogP contribution in [0.25, 0.3) is 0 Å². The Morgan fingerprint density at radius 2 is 2.30 bits per heavy atom. The minimum Gasteiger partial charge on any atom is -0.493 e. The molecule has 2 unspecified atom stereocenters. The lowest BCUT2D eigenvalue weighted by Crippen LogP contribution is -2.48. The molecule has 1 saturated heterocycles. The Balaban J connectivity index is 1.83. The highest BCUT2D eigenvalue weighted by atomic mass is 16.5. The minimum atomic E-state index is -0.475. The summed E-state index contributed by atoms with van der Waals surface area (Å²) in [5, 5.41) is 9.88. The fourth-order valence-electron chi connectivity index (χ4n) is 3.20. The van der Waals surface area contributed by atoms with Gasteiger partial charge in [-0.2, -0.15) is 0 Å². The van der Waals surface area contributed by atoms with E-state index in [4.69, 9.17) is 4.74 Å². The molecule has 0 aromatic heterocycles. The first-order valence-electron chi connectivity index (χ1n) is 7.41. The van der Waals surface area contributed by atoms with Crippen LogP contribution in [0.5, 0.6) is 5.75 Å². The van der Waals surface area contributed by atoms with Gasteiger partial charge < -0.3 is 14.7 Å². The van der Waals surface area contributed by atoms with E-state index in [2.05, 4.69) is 0 Å². The number of amides is 1. The van der Waals surface area contributed by atoms with Crippen molar-refractivity contribution in [3.63, 3.8) is 0 Å². The summed E-state index contributed by atoms with van der Waals surface area (Å²) in [5.74, 6) is 0.928. The van der Waals surface area contributed by atoms with Crippen molar-refractivity contribution in [1.82, 2.24) is 4.90 Å². The van der Waals surface area contributed by atoms with Gasteiger partial charge in [-0.3, -0.25) is 4.79 Å². The molecule has 1 fully saturated rings. The average Bonchev–Trinajstić information content (AvgIpc) is 2.93. The SMILES string of the molecule is CC(O)C1CCCCN1C(=O)c1ccc2c(c1)CCO2. The standard InChI is InChI=1S/C16H21NO3/c1-11(18)14-4-2-3-8-17(14)16(19)13-5-6-15-12(10-13)7-9-20-15/h5-6,10-11,14,18H,2-4,7-9H2,1H3. The van der Waals surface area contributed by atoms with E-state index in [0.29, 0.717) is 12.2 Å². The monoisotopic (exact) mass is 275 g/mol. The molecule has 20 heavy (non-hydrogen) atoms. The molecular formula is C16H21NO3. The molecule has 2 aliphatic heterocycles. The van der Waals surface area contributed by atoms with Gasteiger partial charge in [0.2, 0.25) is 0 Å². The van der Waals surface area contributed by atoms with Crippen LogP contribution in [0.2, 0.25) is 0 Å². The number of hydrogen-bond acceptors (Lipinski definition) is 3. The number of likely N-dealkylation sites (tertiary alicyclic amines) is 1. The predicted molar refractivity (Wildman–Crippen MR) is 76.0 cm³/mol. The summed E-state index contributed by atoms with van der Waals surface area (Å²) in [5.41, 5.74) is 1.82. The molecule has 1 amide bonds. The zero-order chi connectivity index (χ0) is 14.1. The van der Waals surface area contributed by atoms with Crippen LogP contribution in [-0.4, -0.2) is 41.2 Å². The van der Waals surface area contributed by atoms with Crippen molar-refractivity contribution in [2.45, 2.75) is 44.8 Å². The number of benzene rings is 1. The third-order valence-electron chi connectivity index (χ3n) is 4.30. The molecule has 1 aromatic rings. The van der Waals surface area contributed by atoms with Gasteiger partial charge in [0.05, 0.1) is 18.8 Å². The molecule has 4 heteroatoms. The second-order valence-electron chi connectivity index (χ2n) is 5.72. The van der Waals surface area contributed by atoms with E-state index in [-0.39, 0.29) is 11.9 Å². The van der Waals surface area contributed by atoms with Gasteiger partial charge in [-0.1, -0.05) is 0 Å². The van der Waals surface area contributed by atoms with E-state index < -0.39 is 6.10 Å². The number of piperidine rings is 1. The Bertz CT molecular complexity index is 512. The van der Waals surface area contributed by atoms with E-state index in [0.717, 1.165) is 43.5 Å². The molecule has 108 valence electrons. The zero-order valence-electron chi connectivity index (χ0n) is 11.8. The van der Waals surface area contributed by atoms with Gasteiger partial charge in [0.1, 0.15) is 5.75 Å². The Morgan fingerprint density at radius 3 is 3.10 bits per heavy atom. The van der Waals surface area contributed by atoms with Gasteiger partial charge in [-0.25, -0.2) is 0 Å². The fourth-order valence-corrected chi connectivity index (χ4v) is 3.20. The van der Waals surface area contributed by atoms with Crippen molar-refractivity contribution in [2.24, 2.45) is 0 Å². The largest absolute Gasteiger partial charge is 0.493 e. The summed E-state index contributed by atoms with van der Waals surface area (Å²) in [7, 11) is 0. The van der Waals surface area contributed by atoms with Crippen molar-refractivity contribution in [3.05, 3.63) is 29.3 Å². The summed E-state index contributed by atoms with van der Waals surface area (Å²) in [6, 6.07) is 5.61. The van der Waals surface area contributed by atoms with E-state index in [1.165, 1.54) is 0 Å². The molecule has 4 nitrogen and oxygen atoms in total. The second-order valence-corrected chi connectivity index (χ2v) is 5.72. The summed E-state index contributed by atoms with van der Waals surface area (Å²) in [6.07, 6.45) is 3.38. The summed E-state index contributed by atoms with van der Waals surface area (Å²) >= 11 is 0. The molecule has 1 N–H and O–H groups in total. The van der Waals surface area contributed by atoms with Crippen LogP contribution in [0.3, 0.4) is 0 Å². The van der Waals surface area contributed by atoms with Crippen LogP contribution in [0.15, 0.2) is 18.2 Å². The van der Waals surface area contributed by atoms with Gasteiger partial charge in [-0.15, -0.1) is 0 Å². The van der Waals surface area contributed by atoms with Gasteiger partial charge >= 0.3 is 0 Å². The van der Waals surface area contributed by atoms with Crippen LogP contribution in [0.1, 0.15) is 42.1 Å². The van der Waals surface area contributed by atoms with E-state index >= 15 is 0 Å².